The molecule has 0 unspecified atom stereocenters. The maximum atomic E-state index is 13.8. The lowest BCUT2D eigenvalue weighted by atomic mass is 9.69. The molecule has 2 aromatic rings. The molecule has 0 saturated carbocycles. The number of piperidine rings is 2. The smallest absolute Gasteiger partial charge is 0.243 e. The molecule has 200 valence electrons. The first kappa shape index (κ1) is 27.2. The number of likely N-dealkylation sites (tertiary alicyclic amines) is 1. The van der Waals surface area contributed by atoms with E-state index >= 15 is 0 Å². The molecule has 0 aromatic heterocycles. The molecular formula is C27H35FN4O4S. The van der Waals surface area contributed by atoms with Gasteiger partial charge in [0.2, 0.25) is 21.8 Å². The monoisotopic (exact) mass is 530 g/mol. The van der Waals surface area contributed by atoms with Gasteiger partial charge in [0.1, 0.15) is 5.82 Å². The molecular weight excluding hydrogens is 495 g/mol. The van der Waals surface area contributed by atoms with Crippen LogP contribution in [0, 0.1) is 11.2 Å². The highest BCUT2D eigenvalue weighted by Crippen LogP contribution is 2.46. The fourth-order valence-corrected chi connectivity index (χ4v) is 7.25. The zero-order valence-electron chi connectivity index (χ0n) is 21.6. The molecule has 10 heteroatoms. The van der Waals surface area contributed by atoms with E-state index in [9.17, 15) is 22.4 Å². The van der Waals surface area contributed by atoms with Crippen molar-refractivity contribution in [3.05, 3.63) is 54.3 Å². The second-order valence-electron chi connectivity index (χ2n) is 10.9. The van der Waals surface area contributed by atoms with Crippen LogP contribution in [-0.4, -0.2) is 61.2 Å². The first-order chi connectivity index (χ1) is 17.4. The standard InChI is InChI=1S/C27H35FN4O4S/c1-20(33)29-22-7-9-23(10-8-22)30-25(34)18-31-15-13-27(14-16-31)12-11-26(2,3)32(19-27)37(35,36)24-6-4-5-21(28)17-24/h4-10,17H,11-16,18-19H2,1-3H3,(H,29,33)(H,30,34). The van der Waals surface area contributed by atoms with E-state index in [0.29, 0.717) is 31.0 Å². The van der Waals surface area contributed by atoms with Crippen LogP contribution in [0.4, 0.5) is 15.8 Å². The molecule has 8 nitrogen and oxygen atoms in total. The molecule has 2 aliphatic rings. The number of hydrogen-bond acceptors (Lipinski definition) is 5. The van der Waals surface area contributed by atoms with Crippen LogP contribution in [0.1, 0.15) is 46.5 Å². The zero-order chi connectivity index (χ0) is 26.8. The van der Waals surface area contributed by atoms with Crippen LogP contribution in [0.25, 0.3) is 0 Å². The Morgan fingerprint density at radius 1 is 0.946 bits per heavy atom. The van der Waals surface area contributed by atoms with Crippen molar-refractivity contribution in [2.75, 3.05) is 36.8 Å². The van der Waals surface area contributed by atoms with Gasteiger partial charge in [0.15, 0.2) is 0 Å². The van der Waals surface area contributed by atoms with Crippen LogP contribution in [0.2, 0.25) is 0 Å². The lowest BCUT2D eigenvalue weighted by Crippen LogP contribution is -2.59. The third-order valence-electron chi connectivity index (χ3n) is 7.58. The van der Waals surface area contributed by atoms with Gasteiger partial charge >= 0.3 is 0 Å². The number of amides is 2. The van der Waals surface area contributed by atoms with E-state index in [4.69, 9.17) is 0 Å². The van der Waals surface area contributed by atoms with Crippen molar-refractivity contribution in [3.63, 3.8) is 0 Å². The average Bonchev–Trinajstić information content (AvgIpc) is 2.83. The molecule has 2 N–H and O–H groups in total. The van der Waals surface area contributed by atoms with E-state index in [-0.39, 0.29) is 28.7 Å². The van der Waals surface area contributed by atoms with Gasteiger partial charge in [0, 0.05) is 30.4 Å². The minimum absolute atomic E-state index is 0.0168. The Hall–Kier alpha value is -2.82. The van der Waals surface area contributed by atoms with E-state index in [2.05, 4.69) is 15.5 Å². The predicted molar refractivity (Wildman–Crippen MR) is 141 cm³/mol. The molecule has 4 rings (SSSR count). The van der Waals surface area contributed by atoms with Crippen molar-refractivity contribution in [3.8, 4) is 0 Å². The van der Waals surface area contributed by atoms with Gasteiger partial charge in [-0.3, -0.25) is 14.5 Å². The zero-order valence-corrected chi connectivity index (χ0v) is 22.4. The van der Waals surface area contributed by atoms with Gasteiger partial charge in [-0.15, -0.1) is 0 Å². The Morgan fingerprint density at radius 2 is 1.57 bits per heavy atom. The lowest BCUT2D eigenvalue weighted by molar-refractivity contribution is -0.118. The summed E-state index contributed by atoms with van der Waals surface area (Å²) >= 11 is 0. The van der Waals surface area contributed by atoms with Gasteiger partial charge in [-0.2, -0.15) is 4.31 Å². The van der Waals surface area contributed by atoms with Crippen LogP contribution in [0.3, 0.4) is 0 Å². The molecule has 0 radical (unpaired) electrons. The van der Waals surface area contributed by atoms with Gasteiger partial charge in [-0.25, -0.2) is 12.8 Å². The number of sulfonamides is 1. The summed E-state index contributed by atoms with van der Waals surface area (Å²) < 4.78 is 42.4. The minimum Gasteiger partial charge on any atom is -0.326 e. The molecule has 37 heavy (non-hydrogen) atoms. The molecule has 0 aliphatic carbocycles. The third-order valence-corrected chi connectivity index (χ3v) is 9.63. The molecule has 1 spiro atoms. The Kier molecular flexibility index (Phi) is 7.73. The number of rotatable bonds is 6. The van der Waals surface area contributed by atoms with E-state index in [1.54, 1.807) is 28.6 Å². The summed E-state index contributed by atoms with van der Waals surface area (Å²) in [6.07, 6.45) is 3.21. The van der Waals surface area contributed by atoms with Crippen molar-refractivity contribution in [2.24, 2.45) is 5.41 Å². The number of carbonyl (C=O) groups is 2. The number of hydrogen-bond donors (Lipinski definition) is 2. The first-order valence-corrected chi connectivity index (χ1v) is 14.0. The van der Waals surface area contributed by atoms with E-state index in [0.717, 1.165) is 31.7 Å². The molecule has 2 aliphatic heterocycles. The van der Waals surface area contributed by atoms with Gasteiger partial charge in [-0.05, 0) is 100 Å². The molecule has 2 aromatic carbocycles. The Labute approximate surface area is 218 Å². The molecule has 2 heterocycles. The fourth-order valence-electron chi connectivity index (χ4n) is 5.30. The summed E-state index contributed by atoms with van der Waals surface area (Å²) in [5.74, 6) is -0.847. The summed E-state index contributed by atoms with van der Waals surface area (Å²) in [6, 6.07) is 12.2. The second kappa shape index (κ2) is 10.5. The number of nitrogens with one attached hydrogen (secondary N) is 2. The normalized spacial score (nSPS) is 19.9. The fraction of sp³-hybridized carbons (Fsp3) is 0.481. The first-order valence-electron chi connectivity index (χ1n) is 12.6. The number of benzene rings is 2. The summed E-state index contributed by atoms with van der Waals surface area (Å²) in [4.78, 5) is 25.9. The predicted octanol–water partition coefficient (Wildman–Crippen LogP) is 4.07. The minimum atomic E-state index is -3.85. The van der Waals surface area contributed by atoms with Crippen LogP contribution < -0.4 is 10.6 Å². The maximum Gasteiger partial charge on any atom is 0.243 e. The van der Waals surface area contributed by atoms with Crippen LogP contribution in [0.5, 0.6) is 0 Å². The van der Waals surface area contributed by atoms with Gasteiger partial charge in [-0.1, -0.05) is 6.07 Å². The van der Waals surface area contributed by atoms with Crippen molar-refractivity contribution < 1.29 is 22.4 Å². The van der Waals surface area contributed by atoms with Crippen LogP contribution in [-0.2, 0) is 19.6 Å². The Bertz CT molecular complexity index is 1260. The number of nitrogens with zero attached hydrogens (tertiary/aromatic N) is 2. The second-order valence-corrected chi connectivity index (χ2v) is 12.7. The van der Waals surface area contributed by atoms with Crippen molar-refractivity contribution in [1.82, 2.24) is 9.21 Å². The van der Waals surface area contributed by atoms with Crippen molar-refractivity contribution in [1.29, 1.82) is 0 Å². The molecule has 2 fully saturated rings. The van der Waals surface area contributed by atoms with E-state index in [1.807, 2.05) is 13.8 Å². The van der Waals surface area contributed by atoms with Gasteiger partial charge in [0.25, 0.3) is 0 Å². The average molecular weight is 531 g/mol. The van der Waals surface area contributed by atoms with Crippen LogP contribution in [0.15, 0.2) is 53.4 Å². The maximum absolute atomic E-state index is 13.8. The molecule has 0 atom stereocenters. The number of carbonyl (C=O) groups excluding carboxylic acids is 2. The number of anilines is 2. The van der Waals surface area contributed by atoms with Gasteiger partial charge in [0.05, 0.1) is 11.4 Å². The summed E-state index contributed by atoms with van der Waals surface area (Å²) in [7, 11) is -3.85. The highest BCUT2D eigenvalue weighted by Gasteiger charge is 2.49. The highest BCUT2D eigenvalue weighted by molar-refractivity contribution is 7.89. The molecule has 0 bridgehead atoms. The SMILES string of the molecule is CC(=O)Nc1ccc(NC(=O)CN2CCC3(CC2)CCC(C)(C)N(S(=O)(=O)c2cccc(F)c2)C3)cc1. The highest BCUT2D eigenvalue weighted by atomic mass is 32.2. The largest absolute Gasteiger partial charge is 0.326 e. The quantitative estimate of drug-likeness (QED) is 0.587. The van der Waals surface area contributed by atoms with Gasteiger partial charge < -0.3 is 10.6 Å². The van der Waals surface area contributed by atoms with Crippen LogP contribution >= 0.6 is 0 Å². The molecule has 2 saturated heterocycles. The van der Waals surface area contributed by atoms with Crippen molar-refractivity contribution >= 4 is 33.2 Å². The summed E-state index contributed by atoms with van der Waals surface area (Å²) in [5.41, 5.74) is 0.585. The summed E-state index contributed by atoms with van der Waals surface area (Å²) in [6.45, 7) is 7.33. The topological polar surface area (TPSA) is 98.8 Å². The molecule has 2 amide bonds. The van der Waals surface area contributed by atoms with E-state index in [1.165, 1.54) is 25.1 Å². The lowest BCUT2D eigenvalue weighted by Gasteiger charge is -2.53. The van der Waals surface area contributed by atoms with Crippen molar-refractivity contribution in [2.45, 2.75) is 56.9 Å². The van der Waals surface area contributed by atoms with E-state index < -0.39 is 21.4 Å². The third kappa shape index (κ3) is 6.37. The summed E-state index contributed by atoms with van der Waals surface area (Å²) in [5, 5.41) is 5.58. The number of halogens is 1. The Balaban J connectivity index is 1.36. The Morgan fingerprint density at radius 3 is 2.16 bits per heavy atom.